The molecule has 1 atom stereocenters. The Morgan fingerprint density at radius 1 is 1.36 bits per heavy atom. The minimum atomic E-state index is -3.82. The molecule has 1 aromatic carbocycles. The molecule has 0 radical (unpaired) electrons. The number of rotatable bonds is 7. The Balaban J connectivity index is 2.09. The lowest BCUT2D eigenvalue weighted by molar-refractivity contribution is 0.0298. The summed E-state index contributed by atoms with van der Waals surface area (Å²) < 4.78 is 39.9. The van der Waals surface area contributed by atoms with Gasteiger partial charge in [0.15, 0.2) is 12.0 Å². The normalized spacial score (nSPS) is 18.7. The van der Waals surface area contributed by atoms with Gasteiger partial charge in [-0.1, -0.05) is 0 Å². The van der Waals surface area contributed by atoms with Gasteiger partial charge >= 0.3 is 10.1 Å². The van der Waals surface area contributed by atoms with E-state index in [1.54, 1.807) is 6.07 Å². The fraction of sp³-hybridized carbons (Fsp3) is 0.533. The Morgan fingerprint density at radius 3 is 2.82 bits per heavy atom. The quantitative estimate of drug-likeness (QED) is 0.564. The summed E-state index contributed by atoms with van der Waals surface area (Å²) in [7, 11) is -3.82. The molecule has 0 saturated carbocycles. The molecule has 1 unspecified atom stereocenters. The average Bonchev–Trinajstić information content (AvgIpc) is 2.49. The summed E-state index contributed by atoms with van der Waals surface area (Å²) >= 11 is 0. The van der Waals surface area contributed by atoms with E-state index in [1.807, 2.05) is 6.92 Å². The first-order chi connectivity index (χ1) is 10.5. The maximum atomic E-state index is 12.1. The molecule has 0 aliphatic carbocycles. The SMILES string of the molecule is CCOc1ccc(OS(=O)(=O)CC2CCCCO2)c(C=O)c1. The molecule has 0 spiro atoms. The molecule has 2 rings (SSSR count). The van der Waals surface area contributed by atoms with Gasteiger partial charge in [0.1, 0.15) is 11.5 Å². The Labute approximate surface area is 130 Å². The molecule has 0 N–H and O–H groups in total. The van der Waals surface area contributed by atoms with Crippen LogP contribution in [0.3, 0.4) is 0 Å². The Kier molecular flexibility index (Phi) is 5.79. The number of ether oxygens (including phenoxy) is 2. The van der Waals surface area contributed by atoms with Crippen LogP contribution in [0.4, 0.5) is 0 Å². The van der Waals surface area contributed by atoms with Crippen molar-refractivity contribution in [3.63, 3.8) is 0 Å². The number of aldehydes is 1. The predicted octanol–water partition coefficient (Wildman–Crippen LogP) is 2.18. The second-order valence-electron chi connectivity index (χ2n) is 5.05. The lowest BCUT2D eigenvalue weighted by Crippen LogP contribution is -2.30. The van der Waals surface area contributed by atoms with Crippen molar-refractivity contribution >= 4 is 16.4 Å². The molecule has 1 aromatic rings. The largest absolute Gasteiger partial charge is 0.494 e. The van der Waals surface area contributed by atoms with E-state index in [1.165, 1.54) is 12.1 Å². The number of hydrogen-bond acceptors (Lipinski definition) is 6. The molecule has 122 valence electrons. The molecule has 1 fully saturated rings. The van der Waals surface area contributed by atoms with E-state index in [0.29, 0.717) is 31.7 Å². The molecule has 7 heteroatoms. The third-order valence-corrected chi connectivity index (χ3v) is 4.51. The van der Waals surface area contributed by atoms with Crippen molar-refractivity contribution in [1.29, 1.82) is 0 Å². The average molecular weight is 328 g/mol. The Bertz CT molecular complexity index is 604. The highest BCUT2D eigenvalue weighted by Gasteiger charge is 2.24. The van der Waals surface area contributed by atoms with E-state index < -0.39 is 10.1 Å². The van der Waals surface area contributed by atoms with Gasteiger partial charge in [0, 0.05) is 6.61 Å². The van der Waals surface area contributed by atoms with E-state index in [-0.39, 0.29) is 23.2 Å². The number of carbonyl (C=O) groups is 1. The van der Waals surface area contributed by atoms with Crippen LogP contribution in [0.25, 0.3) is 0 Å². The van der Waals surface area contributed by atoms with E-state index >= 15 is 0 Å². The monoisotopic (exact) mass is 328 g/mol. The van der Waals surface area contributed by atoms with Crippen molar-refractivity contribution in [2.24, 2.45) is 0 Å². The zero-order chi connectivity index (χ0) is 16.0. The van der Waals surface area contributed by atoms with Crippen LogP contribution in [0.2, 0.25) is 0 Å². The number of benzene rings is 1. The molecule has 0 bridgehead atoms. The second-order valence-corrected chi connectivity index (χ2v) is 6.66. The van der Waals surface area contributed by atoms with Crippen LogP contribution in [0, 0.1) is 0 Å². The summed E-state index contributed by atoms with van der Waals surface area (Å²) in [6.45, 7) is 2.85. The van der Waals surface area contributed by atoms with E-state index in [2.05, 4.69) is 0 Å². The minimum Gasteiger partial charge on any atom is -0.494 e. The van der Waals surface area contributed by atoms with Crippen LogP contribution in [0.5, 0.6) is 11.5 Å². The van der Waals surface area contributed by atoms with Crippen LogP contribution in [-0.4, -0.2) is 39.8 Å². The molecule has 0 amide bonds. The Morgan fingerprint density at radius 2 is 2.18 bits per heavy atom. The maximum Gasteiger partial charge on any atom is 0.311 e. The van der Waals surface area contributed by atoms with Crippen molar-refractivity contribution in [3.05, 3.63) is 23.8 Å². The summed E-state index contributed by atoms with van der Waals surface area (Å²) in [5.74, 6) is 0.289. The topological polar surface area (TPSA) is 78.9 Å². The number of carbonyl (C=O) groups excluding carboxylic acids is 1. The summed E-state index contributed by atoms with van der Waals surface area (Å²) in [6, 6.07) is 4.45. The predicted molar refractivity (Wildman–Crippen MR) is 81.0 cm³/mol. The highest BCUT2D eigenvalue weighted by atomic mass is 32.2. The molecule has 22 heavy (non-hydrogen) atoms. The lowest BCUT2D eigenvalue weighted by Gasteiger charge is -2.22. The molecule has 1 aliphatic rings. The van der Waals surface area contributed by atoms with Gasteiger partial charge in [-0.05, 0) is 44.4 Å². The first-order valence-electron chi connectivity index (χ1n) is 7.30. The third kappa shape index (κ3) is 4.71. The first kappa shape index (κ1) is 16.8. The van der Waals surface area contributed by atoms with E-state index in [0.717, 1.165) is 12.8 Å². The molecule has 1 saturated heterocycles. The fourth-order valence-corrected chi connectivity index (χ4v) is 3.50. The highest BCUT2D eigenvalue weighted by molar-refractivity contribution is 7.87. The van der Waals surface area contributed by atoms with Crippen molar-refractivity contribution in [3.8, 4) is 11.5 Å². The van der Waals surface area contributed by atoms with Gasteiger partial charge in [-0.2, -0.15) is 8.42 Å². The van der Waals surface area contributed by atoms with Crippen molar-refractivity contribution in [2.75, 3.05) is 19.0 Å². The highest BCUT2D eigenvalue weighted by Crippen LogP contribution is 2.25. The van der Waals surface area contributed by atoms with Crippen molar-refractivity contribution < 1.29 is 26.9 Å². The first-order valence-corrected chi connectivity index (χ1v) is 8.87. The van der Waals surface area contributed by atoms with Gasteiger partial charge in [-0.15, -0.1) is 0 Å². The molecule has 6 nitrogen and oxygen atoms in total. The zero-order valence-electron chi connectivity index (χ0n) is 12.5. The van der Waals surface area contributed by atoms with Gasteiger partial charge in [-0.3, -0.25) is 4.79 Å². The molecule has 1 heterocycles. The maximum absolute atomic E-state index is 12.1. The van der Waals surface area contributed by atoms with Gasteiger partial charge in [0.2, 0.25) is 0 Å². The van der Waals surface area contributed by atoms with Crippen molar-refractivity contribution in [1.82, 2.24) is 0 Å². The van der Waals surface area contributed by atoms with Crippen LogP contribution in [-0.2, 0) is 14.9 Å². The summed E-state index contributed by atoms with van der Waals surface area (Å²) in [6.07, 6.45) is 2.80. The lowest BCUT2D eigenvalue weighted by atomic mass is 10.1. The zero-order valence-corrected chi connectivity index (χ0v) is 13.3. The van der Waals surface area contributed by atoms with Gasteiger partial charge in [-0.25, -0.2) is 0 Å². The third-order valence-electron chi connectivity index (χ3n) is 3.30. The molecular formula is C15H20O6S. The molecule has 0 aromatic heterocycles. The minimum absolute atomic E-state index is 0.00858. The fourth-order valence-electron chi connectivity index (χ4n) is 2.29. The standard InChI is InChI=1S/C15H20O6S/c1-2-19-13-6-7-15(12(9-13)10-16)21-22(17,18)11-14-5-3-4-8-20-14/h6-7,9-10,14H,2-5,8,11H2,1H3. The van der Waals surface area contributed by atoms with Crippen LogP contribution in [0.1, 0.15) is 36.5 Å². The van der Waals surface area contributed by atoms with E-state index in [9.17, 15) is 13.2 Å². The molecule has 1 aliphatic heterocycles. The van der Waals surface area contributed by atoms with Crippen LogP contribution in [0.15, 0.2) is 18.2 Å². The van der Waals surface area contributed by atoms with Crippen molar-refractivity contribution in [2.45, 2.75) is 32.3 Å². The smallest absolute Gasteiger partial charge is 0.311 e. The molecular weight excluding hydrogens is 308 g/mol. The second kappa shape index (κ2) is 7.60. The van der Waals surface area contributed by atoms with Crippen LogP contribution < -0.4 is 8.92 Å². The summed E-state index contributed by atoms with van der Waals surface area (Å²) in [5, 5.41) is 0. The van der Waals surface area contributed by atoms with Gasteiger partial charge < -0.3 is 13.7 Å². The van der Waals surface area contributed by atoms with Crippen LogP contribution >= 0.6 is 0 Å². The van der Waals surface area contributed by atoms with Gasteiger partial charge in [0.25, 0.3) is 0 Å². The summed E-state index contributed by atoms with van der Waals surface area (Å²) in [4.78, 5) is 11.1. The Hall–Kier alpha value is -1.60. The van der Waals surface area contributed by atoms with E-state index in [4.69, 9.17) is 13.7 Å². The summed E-state index contributed by atoms with van der Waals surface area (Å²) in [5.41, 5.74) is 0.138. The van der Waals surface area contributed by atoms with Gasteiger partial charge in [0.05, 0.1) is 18.3 Å². The number of hydrogen-bond donors (Lipinski definition) is 0.